The number of aromatic nitrogens is 1. The van der Waals surface area contributed by atoms with Crippen LogP contribution in [-0.2, 0) is 10.1 Å². The molecule has 0 fully saturated rings. The van der Waals surface area contributed by atoms with E-state index < -0.39 is 5.97 Å². The van der Waals surface area contributed by atoms with E-state index in [1.807, 2.05) is 30.3 Å². The third-order valence-corrected chi connectivity index (χ3v) is 2.93. The number of fused-ring (bicyclic) bond motifs is 1. The summed E-state index contributed by atoms with van der Waals surface area (Å²) in [7, 11) is 1.36. The molecule has 0 saturated carbocycles. The predicted molar refractivity (Wildman–Crippen MR) is 65.7 cm³/mol. The van der Waals surface area contributed by atoms with Crippen LogP contribution in [0.25, 0.3) is 10.9 Å². The summed E-state index contributed by atoms with van der Waals surface area (Å²) in [5.74, 6) is -0.403. The Morgan fingerprint density at radius 2 is 2.19 bits per heavy atom. The first-order valence-electron chi connectivity index (χ1n) is 4.79. The Hall–Kier alpha value is -1.42. The third-order valence-electron chi connectivity index (χ3n) is 2.33. The van der Waals surface area contributed by atoms with Crippen molar-refractivity contribution in [1.29, 1.82) is 0 Å². The zero-order chi connectivity index (χ0) is 11.5. The first kappa shape index (κ1) is 11.1. The molecule has 16 heavy (non-hydrogen) atoms. The van der Waals surface area contributed by atoms with Crippen molar-refractivity contribution in [2.45, 2.75) is 5.33 Å². The fourth-order valence-electron chi connectivity index (χ4n) is 1.54. The van der Waals surface area contributed by atoms with Crippen molar-refractivity contribution in [1.82, 2.24) is 4.98 Å². The van der Waals surface area contributed by atoms with Gasteiger partial charge in [-0.2, -0.15) is 0 Å². The maximum absolute atomic E-state index is 11.5. The van der Waals surface area contributed by atoms with Crippen molar-refractivity contribution < 1.29 is 9.53 Å². The van der Waals surface area contributed by atoms with E-state index in [1.54, 1.807) is 0 Å². The van der Waals surface area contributed by atoms with Gasteiger partial charge in [-0.25, -0.2) is 9.78 Å². The van der Waals surface area contributed by atoms with Gasteiger partial charge in [0.1, 0.15) is 0 Å². The third kappa shape index (κ3) is 1.93. The first-order chi connectivity index (χ1) is 7.76. The quantitative estimate of drug-likeness (QED) is 0.627. The molecule has 1 aromatic carbocycles. The summed E-state index contributed by atoms with van der Waals surface area (Å²) < 4.78 is 4.71. The molecule has 2 rings (SSSR count). The van der Waals surface area contributed by atoms with E-state index in [9.17, 15) is 4.79 Å². The molecule has 1 aromatic heterocycles. The molecule has 0 atom stereocenters. The summed E-state index contributed by atoms with van der Waals surface area (Å²) in [5, 5.41) is 1.60. The van der Waals surface area contributed by atoms with Gasteiger partial charge in [0.25, 0.3) is 0 Å². The molecular weight excluding hydrogens is 270 g/mol. The van der Waals surface area contributed by atoms with Crippen LogP contribution < -0.4 is 0 Å². The standard InChI is InChI=1S/C12H10BrNO2/c1-16-12(15)11-9(7-13)6-8-4-2-3-5-10(8)14-11/h2-6H,7H2,1H3. The Kier molecular flexibility index (Phi) is 3.19. The number of para-hydroxylation sites is 1. The monoisotopic (exact) mass is 279 g/mol. The lowest BCUT2D eigenvalue weighted by atomic mass is 10.1. The van der Waals surface area contributed by atoms with Crippen LogP contribution in [-0.4, -0.2) is 18.1 Å². The first-order valence-corrected chi connectivity index (χ1v) is 5.91. The lowest BCUT2D eigenvalue weighted by Gasteiger charge is -2.06. The Morgan fingerprint density at radius 1 is 1.44 bits per heavy atom. The van der Waals surface area contributed by atoms with Gasteiger partial charge in [-0.1, -0.05) is 34.1 Å². The summed E-state index contributed by atoms with van der Waals surface area (Å²) in [4.78, 5) is 15.8. The van der Waals surface area contributed by atoms with Crippen molar-refractivity contribution in [3.63, 3.8) is 0 Å². The lowest BCUT2D eigenvalue weighted by molar-refractivity contribution is 0.0593. The molecule has 3 nitrogen and oxygen atoms in total. The van der Waals surface area contributed by atoms with Crippen molar-refractivity contribution in [3.05, 3.63) is 41.6 Å². The maximum atomic E-state index is 11.5. The largest absolute Gasteiger partial charge is 0.464 e. The molecule has 1 heterocycles. The number of rotatable bonds is 2. The smallest absolute Gasteiger partial charge is 0.356 e. The SMILES string of the molecule is COC(=O)c1nc2ccccc2cc1CBr. The summed E-state index contributed by atoms with van der Waals surface area (Å²) >= 11 is 3.34. The normalized spacial score (nSPS) is 10.4. The van der Waals surface area contributed by atoms with Crippen molar-refractivity contribution >= 4 is 32.8 Å². The minimum atomic E-state index is -0.403. The van der Waals surface area contributed by atoms with E-state index in [-0.39, 0.29) is 0 Å². The van der Waals surface area contributed by atoms with Crippen LogP contribution in [0, 0.1) is 0 Å². The average molecular weight is 280 g/mol. The van der Waals surface area contributed by atoms with Crippen molar-refractivity contribution in [3.8, 4) is 0 Å². The highest BCUT2D eigenvalue weighted by Gasteiger charge is 2.13. The van der Waals surface area contributed by atoms with Crippen LogP contribution in [0.1, 0.15) is 16.1 Å². The second kappa shape index (κ2) is 4.61. The molecule has 0 amide bonds. The summed E-state index contributed by atoms with van der Waals surface area (Å²) in [6.07, 6.45) is 0. The maximum Gasteiger partial charge on any atom is 0.356 e. The van der Waals surface area contributed by atoms with Crippen LogP contribution in [0.2, 0.25) is 0 Å². The summed E-state index contributed by atoms with van der Waals surface area (Å²) in [5.41, 5.74) is 2.01. The van der Waals surface area contributed by atoms with Gasteiger partial charge in [-0.15, -0.1) is 0 Å². The number of carbonyl (C=O) groups is 1. The highest BCUT2D eigenvalue weighted by molar-refractivity contribution is 9.08. The number of ether oxygens (including phenoxy) is 1. The van der Waals surface area contributed by atoms with Gasteiger partial charge in [-0.05, 0) is 17.7 Å². The number of carbonyl (C=O) groups excluding carboxylic acids is 1. The molecule has 4 heteroatoms. The minimum Gasteiger partial charge on any atom is -0.464 e. The van der Waals surface area contributed by atoms with Crippen LogP contribution >= 0.6 is 15.9 Å². The van der Waals surface area contributed by atoms with E-state index in [2.05, 4.69) is 20.9 Å². The molecule has 0 aliphatic rings. The molecule has 2 aromatic rings. The molecular formula is C12H10BrNO2. The average Bonchev–Trinajstić information content (AvgIpc) is 2.36. The fourth-order valence-corrected chi connectivity index (χ4v) is 1.96. The molecule has 0 spiro atoms. The highest BCUT2D eigenvalue weighted by Crippen LogP contribution is 2.19. The number of benzene rings is 1. The highest BCUT2D eigenvalue weighted by atomic mass is 79.9. The van der Waals surface area contributed by atoms with Crippen molar-refractivity contribution in [2.75, 3.05) is 7.11 Å². The van der Waals surface area contributed by atoms with E-state index in [0.29, 0.717) is 11.0 Å². The number of nitrogens with zero attached hydrogens (tertiary/aromatic N) is 1. The Bertz CT molecular complexity index is 540. The van der Waals surface area contributed by atoms with Gasteiger partial charge in [-0.3, -0.25) is 0 Å². The van der Waals surface area contributed by atoms with Gasteiger partial charge in [0, 0.05) is 10.7 Å². The number of pyridine rings is 1. The molecule has 0 N–H and O–H groups in total. The van der Waals surface area contributed by atoms with Gasteiger partial charge >= 0.3 is 5.97 Å². The summed E-state index contributed by atoms with van der Waals surface area (Å²) in [6.45, 7) is 0. The Balaban J connectivity index is 2.67. The van der Waals surface area contributed by atoms with Crippen LogP contribution in [0.4, 0.5) is 0 Å². The predicted octanol–water partition coefficient (Wildman–Crippen LogP) is 2.92. The second-order valence-corrected chi connectivity index (χ2v) is 3.87. The number of esters is 1. The number of alkyl halides is 1. The van der Waals surface area contributed by atoms with Crippen LogP contribution in [0.15, 0.2) is 30.3 Å². The minimum absolute atomic E-state index is 0.373. The zero-order valence-corrected chi connectivity index (χ0v) is 10.3. The van der Waals surface area contributed by atoms with E-state index in [1.165, 1.54) is 7.11 Å². The van der Waals surface area contributed by atoms with E-state index >= 15 is 0 Å². The number of hydrogen-bond donors (Lipinski definition) is 0. The van der Waals surface area contributed by atoms with Gasteiger partial charge in [0.15, 0.2) is 5.69 Å². The van der Waals surface area contributed by atoms with E-state index in [4.69, 9.17) is 4.74 Å². The molecule has 0 bridgehead atoms. The molecule has 0 radical (unpaired) electrons. The number of hydrogen-bond acceptors (Lipinski definition) is 3. The molecule has 0 aliphatic heterocycles. The van der Waals surface area contributed by atoms with Gasteiger partial charge in [0.05, 0.1) is 12.6 Å². The van der Waals surface area contributed by atoms with Gasteiger partial charge in [0.2, 0.25) is 0 Å². The summed E-state index contributed by atoms with van der Waals surface area (Å²) in [6, 6.07) is 9.63. The number of methoxy groups -OCH3 is 1. The zero-order valence-electron chi connectivity index (χ0n) is 8.74. The van der Waals surface area contributed by atoms with Crippen molar-refractivity contribution in [2.24, 2.45) is 0 Å². The van der Waals surface area contributed by atoms with Gasteiger partial charge < -0.3 is 4.74 Å². The fraction of sp³-hybridized carbons (Fsp3) is 0.167. The second-order valence-electron chi connectivity index (χ2n) is 3.31. The molecule has 0 unspecified atom stereocenters. The Morgan fingerprint density at radius 3 is 2.88 bits per heavy atom. The number of halogens is 1. The topological polar surface area (TPSA) is 39.2 Å². The molecule has 82 valence electrons. The van der Waals surface area contributed by atoms with E-state index in [0.717, 1.165) is 16.5 Å². The molecule has 0 aliphatic carbocycles. The van der Waals surface area contributed by atoms with Crippen LogP contribution in [0.5, 0.6) is 0 Å². The Labute approximate surface area is 102 Å². The molecule has 0 saturated heterocycles. The van der Waals surface area contributed by atoms with Crippen LogP contribution in [0.3, 0.4) is 0 Å². The lowest BCUT2D eigenvalue weighted by Crippen LogP contribution is -2.08.